The van der Waals surface area contributed by atoms with Gasteiger partial charge in [-0.05, 0) is 38.6 Å². The van der Waals surface area contributed by atoms with Crippen LogP contribution in [0.25, 0.3) is 5.69 Å². The van der Waals surface area contributed by atoms with Gasteiger partial charge in [-0.1, -0.05) is 22.4 Å². The lowest BCUT2D eigenvalue weighted by Gasteiger charge is -2.13. The lowest BCUT2D eigenvalue weighted by Crippen LogP contribution is -2.17. The van der Waals surface area contributed by atoms with Crippen LogP contribution < -0.4 is 0 Å². The zero-order valence-electron chi connectivity index (χ0n) is 13.0. The summed E-state index contributed by atoms with van der Waals surface area (Å²) in [5.41, 5.74) is 5.15. The molecule has 0 atom stereocenters. The van der Waals surface area contributed by atoms with Crippen LogP contribution in [0.3, 0.4) is 0 Å². The summed E-state index contributed by atoms with van der Waals surface area (Å²) < 4.78 is 6.63. The Hall–Kier alpha value is -2.47. The standard InChI is InChI=1S/C16H19N5O/c1-12-5-4-6-15(7-12)21-10-14(8-17-21)9-20(3)11-16-13(2)18-22-19-16/h4-8,10H,9,11H2,1-3H3. The van der Waals surface area contributed by atoms with E-state index >= 15 is 0 Å². The van der Waals surface area contributed by atoms with Crippen molar-refractivity contribution in [2.24, 2.45) is 0 Å². The minimum atomic E-state index is 0.699. The minimum absolute atomic E-state index is 0.699. The quantitative estimate of drug-likeness (QED) is 0.724. The lowest BCUT2D eigenvalue weighted by molar-refractivity contribution is 0.279. The fourth-order valence-electron chi connectivity index (χ4n) is 2.37. The molecule has 3 aromatic rings. The Labute approximate surface area is 129 Å². The van der Waals surface area contributed by atoms with E-state index in [0.29, 0.717) is 6.54 Å². The van der Waals surface area contributed by atoms with Crippen molar-refractivity contribution in [1.82, 2.24) is 25.0 Å². The SMILES string of the molecule is Cc1cccc(-n2cc(CN(C)Cc3nonc3C)cn2)c1. The topological polar surface area (TPSA) is 60.0 Å². The zero-order chi connectivity index (χ0) is 15.5. The first-order chi connectivity index (χ1) is 10.6. The van der Waals surface area contributed by atoms with Gasteiger partial charge in [0.25, 0.3) is 0 Å². The number of nitrogens with zero attached hydrogens (tertiary/aromatic N) is 5. The Morgan fingerprint density at radius 1 is 1.18 bits per heavy atom. The molecule has 3 rings (SSSR count). The largest absolute Gasteiger partial charge is 0.296 e. The van der Waals surface area contributed by atoms with Crippen LogP contribution in [0.15, 0.2) is 41.3 Å². The van der Waals surface area contributed by atoms with E-state index in [-0.39, 0.29) is 0 Å². The van der Waals surface area contributed by atoms with Crippen LogP contribution in [0.2, 0.25) is 0 Å². The lowest BCUT2D eigenvalue weighted by atomic mass is 10.2. The Balaban J connectivity index is 1.68. The van der Waals surface area contributed by atoms with Gasteiger partial charge < -0.3 is 0 Å². The molecule has 0 N–H and O–H groups in total. The molecule has 0 unspecified atom stereocenters. The Bertz CT molecular complexity index is 761. The third-order valence-corrected chi connectivity index (χ3v) is 3.52. The first-order valence-electron chi connectivity index (χ1n) is 7.19. The van der Waals surface area contributed by atoms with Gasteiger partial charge in [-0.2, -0.15) is 5.10 Å². The maximum absolute atomic E-state index is 4.73. The highest BCUT2D eigenvalue weighted by molar-refractivity contribution is 5.35. The monoisotopic (exact) mass is 297 g/mol. The molecule has 6 heteroatoms. The molecule has 1 aromatic carbocycles. The average Bonchev–Trinajstić information content (AvgIpc) is 3.09. The molecule has 0 fully saturated rings. The summed E-state index contributed by atoms with van der Waals surface area (Å²) >= 11 is 0. The van der Waals surface area contributed by atoms with Crippen LogP contribution in [-0.2, 0) is 13.1 Å². The Kier molecular flexibility index (Phi) is 4.02. The number of benzene rings is 1. The van der Waals surface area contributed by atoms with Crippen LogP contribution in [0.4, 0.5) is 0 Å². The van der Waals surface area contributed by atoms with E-state index in [4.69, 9.17) is 4.63 Å². The molecule has 22 heavy (non-hydrogen) atoms. The molecular weight excluding hydrogens is 278 g/mol. The fourth-order valence-corrected chi connectivity index (χ4v) is 2.37. The highest BCUT2D eigenvalue weighted by Gasteiger charge is 2.10. The van der Waals surface area contributed by atoms with E-state index in [1.165, 1.54) is 5.56 Å². The van der Waals surface area contributed by atoms with Crippen molar-refractivity contribution in [2.45, 2.75) is 26.9 Å². The third-order valence-electron chi connectivity index (χ3n) is 3.52. The molecule has 0 spiro atoms. The highest BCUT2D eigenvalue weighted by Crippen LogP contribution is 2.12. The van der Waals surface area contributed by atoms with Gasteiger partial charge in [-0.3, -0.25) is 4.90 Å². The molecule has 0 aliphatic heterocycles. The summed E-state index contributed by atoms with van der Waals surface area (Å²) in [4.78, 5) is 2.16. The molecule has 0 aliphatic rings. The van der Waals surface area contributed by atoms with Crippen LogP contribution in [0, 0.1) is 13.8 Å². The second kappa shape index (κ2) is 6.11. The molecule has 0 saturated carbocycles. The molecule has 0 radical (unpaired) electrons. The number of hydrogen-bond donors (Lipinski definition) is 0. The van der Waals surface area contributed by atoms with Crippen LogP contribution >= 0.6 is 0 Å². The predicted molar refractivity (Wildman–Crippen MR) is 82.5 cm³/mol. The number of hydrogen-bond acceptors (Lipinski definition) is 5. The van der Waals surface area contributed by atoms with Crippen molar-refractivity contribution >= 4 is 0 Å². The number of aromatic nitrogens is 4. The molecule has 0 amide bonds. The zero-order valence-corrected chi connectivity index (χ0v) is 13.0. The van der Waals surface area contributed by atoms with Gasteiger partial charge in [0.1, 0.15) is 11.4 Å². The van der Waals surface area contributed by atoms with Crippen LogP contribution in [-0.4, -0.2) is 32.0 Å². The molecule has 0 saturated heterocycles. The summed E-state index contributed by atoms with van der Waals surface area (Å²) in [5, 5.41) is 12.1. The molecule has 0 bridgehead atoms. The summed E-state index contributed by atoms with van der Waals surface area (Å²) in [6.45, 7) is 5.47. The van der Waals surface area contributed by atoms with E-state index in [1.54, 1.807) is 0 Å². The average molecular weight is 297 g/mol. The van der Waals surface area contributed by atoms with E-state index in [1.807, 2.05) is 30.9 Å². The van der Waals surface area contributed by atoms with Gasteiger partial charge in [0.05, 0.1) is 11.9 Å². The van der Waals surface area contributed by atoms with Gasteiger partial charge in [-0.25, -0.2) is 9.31 Å². The van der Waals surface area contributed by atoms with Crippen LogP contribution in [0.1, 0.15) is 22.5 Å². The van der Waals surface area contributed by atoms with Gasteiger partial charge in [-0.15, -0.1) is 0 Å². The van der Waals surface area contributed by atoms with Gasteiger partial charge >= 0.3 is 0 Å². The second-order valence-electron chi connectivity index (χ2n) is 5.60. The van der Waals surface area contributed by atoms with Crippen molar-refractivity contribution in [2.75, 3.05) is 7.05 Å². The van der Waals surface area contributed by atoms with Crippen molar-refractivity contribution in [1.29, 1.82) is 0 Å². The van der Waals surface area contributed by atoms with E-state index in [2.05, 4.69) is 51.6 Å². The maximum Gasteiger partial charge on any atom is 0.122 e. The van der Waals surface area contributed by atoms with E-state index in [9.17, 15) is 0 Å². The minimum Gasteiger partial charge on any atom is -0.296 e. The normalized spacial score (nSPS) is 11.3. The van der Waals surface area contributed by atoms with E-state index < -0.39 is 0 Å². The molecule has 2 heterocycles. The van der Waals surface area contributed by atoms with Crippen LogP contribution in [0.5, 0.6) is 0 Å². The maximum atomic E-state index is 4.73. The molecular formula is C16H19N5O. The molecule has 6 nitrogen and oxygen atoms in total. The molecule has 0 aliphatic carbocycles. The van der Waals surface area contributed by atoms with Crippen molar-refractivity contribution in [3.05, 3.63) is 59.2 Å². The van der Waals surface area contributed by atoms with Crippen molar-refractivity contribution in [3.63, 3.8) is 0 Å². The first-order valence-corrected chi connectivity index (χ1v) is 7.19. The number of rotatable bonds is 5. The second-order valence-corrected chi connectivity index (χ2v) is 5.60. The summed E-state index contributed by atoms with van der Waals surface area (Å²) in [6, 6.07) is 8.29. The van der Waals surface area contributed by atoms with Crippen molar-refractivity contribution < 1.29 is 4.63 Å². The Morgan fingerprint density at radius 3 is 2.77 bits per heavy atom. The molecule has 2 aromatic heterocycles. The summed E-state index contributed by atoms with van der Waals surface area (Å²) in [7, 11) is 2.04. The highest BCUT2D eigenvalue weighted by atomic mass is 16.6. The fraction of sp³-hybridized carbons (Fsp3) is 0.312. The smallest absolute Gasteiger partial charge is 0.122 e. The van der Waals surface area contributed by atoms with Gasteiger partial charge in [0, 0.05) is 24.8 Å². The predicted octanol–water partition coefficient (Wildman–Crippen LogP) is 2.50. The Morgan fingerprint density at radius 2 is 2.05 bits per heavy atom. The molecule has 114 valence electrons. The van der Waals surface area contributed by atoms with Crippen molar-refractivity contribution in [3.8, 4) is 5.69 Å². The van der Waals surface area contributed by atoms with Gasteiger partial charge in [0.2, 0.25) is 0 Å². The third kappa shape index (κ3) is 3.23. The van der Waals surface area contributed by atoms with Gasteiger partial charge in [0.15, 0.2) is 0 Å². The summed E-state index contributed by atoms with van der Waals surface area (Å²) in [6.07, 6.45) is 3.95. The van der Waals surface area contributed by atoms with E-state index in [0.717, 1.165) is 29.2 Å². The number of aryl methyl sites for hydroxylation is 2. The summed E-state index contributed by atoms with van der Waals surface area (Å²) in [5.74, 6) is 0. The first kappa shape index (κ1) is 14.5.